The molecule has 0 heterocycles. The average molecular weight is 262 g/mol. The maximum atomic E-state index is 2.45. The Bertz CT molecular complexity index is 382. The van der Waals surface area contributed by atoms with Crippen LogP contribution in [-0.2, 0) is 24.7 Å². The predicted molar refractivity (Wildman–Crippen MR) is 56.6 cm³/mol. The number of fused-ring (bicyclic) bond motifs is 1. The van der Waals surface area contributed by atoms with Gasteiger partial charge in [0.2, 0.25) is 0 Å². The predicted octanol–water partition coefficient (Wildman–Crippen LogP) is 3.72. The first kappa shape index (κ1) is 10.4. The summed E-state index contributed by atoms with van der Waals surface area (Å²) in [7, 11) is 0. The van der Waals surface area contributed by atoms with Gasteiger partial charge in [-0.3, -0.25) is 0 Å². The molecule has 0 aromatic heterocycles. The molecule has 0 amide bonds. The summed E-state index contributed by atoms with van der Waals surface area (Å²) in [5.41, 5.74) is 4.80. The van der Waals surface area contributed by atoms with Gasteiger partial charge >= 0.3 is 102 Å². The summed E-state index contributed by atoms with van der Waals surface area (Å²) < 4.78 is 0.674. The molecular formula is C13H15Zr. The first-order valence-electron chi connectivity index (χ1n) is 5.03. The summed E-state index contributed by atoms with van der Waals surface area (Å²) in [6.45, 7) is 6.89. The van der Waals surface area contributed by atoms with E-state index in [0.29, 0.717) is 3.63 Å². The van der Waals surface area contributed by atoms with Crippen molar-refractivity contribution in [3.8, 4) is 0 Å². The summed E-state index contributed by atoms with van der Waals surface area (Å²) in [5, 5.41) is 0. The van der Waals surface area contributed by atoms with E-state index >= 15 is 0 Å². The third-order valence-electron chi connectivity index (χ3n) is 2.73. The van der Waals surface area contributed by atoms with Crippen molar-refractivity contribution in [3.63, 3.8) is 0 Å². The molecule has 0 N–H and O–H groups in total. The van der Waals surface area contributed by atoms with Crippen molar-refractivity contribution >= 4 is 5.57 Å². The van der Waals surface area contributed by atoms with Gasteiger partial charge < -0.3 is 0 Å². The molecule has 14 heavy (non-hydrogen) atoms. The van der Waals surface area contributed by atoms with Gasteiger partial charge in [-0.05, 0) is 0 Å². The fraction of sp³-hybridized carbons (Fsp3) is 0.385. The third-order valence-corrected chi connectivity index (χ3v) is 3.90. The Kier molecular flexibility index (Phi) is 2.56. The van der Waals surface area contributed by atoms with Crippen LogP contribution in [0.15, 0.2) is 30.3 Å². The van der Waals surface area contributed by atoms with Gasteiger partial charge in [0, 0.05) is 0 Å². The van der Waals surface area contributed by atoms with Gasteiger partial charge in [-0.25, -0.2) is 0 Å². The molecule has 0 saturated heterocycles. The van der Waals surface area contributed by atoms with E-state index in [1.54, 1.807) is 24.7 Å². The fourth-order valence-electron chi connectivity index (χ4n) is 2.01. The molecule has 0 fully saturated rings. The molecule has 0 saturated carbocycles. The van der Waals surface area contributed by atoms with Crippen molar-refractivity contribution in [2.24, 2.45) is 5.41 Å². The van der Waals surface area contributed by atoms with E-state index in [0.717, 1.165) is 0 Å². The molecule has 0 nitrogen and oxygen atoms in total. The van der Waals surface area contributed by atoms with Crippen LogP contribution in [0.5, 0.6) is 0 Å². The Hall–Kier alpha value is -0.157. The molecule has 0 bridgehead atoms. The summed E-state index contributed by atoms with van der Waals surface area (Å²) in [6.07, 6.45) is 2.45. The van der Waals surface area contributed by atoms with E-state index in [2.05, 4.69) is 51.1 Å². The Morgan fingerprint density at radius 2 is 1.79 bits per heavy atom. The molecule has 0 spiro atoms. The van der Waals surface area contributed by atoms with Gasteiger partial charge in [-0.15, -0.1) is 0 Å². The van der Waals surface area contributed by atoms with E-state index in [9.17, 15) is 0 Å². The Labute approximate surface area is 101 Å². The van der Waals surface area contributed by atoms with Crippen LogP contribution in [0.1, 0.15) is 35.5 Å². The third kappa shape index (κ3) is 1.67. The van der Waals surface area contributed by atoms with E-state index in [1.807, 2.05) is 0 Å². The van der Waals surface area contributed by atoms with Crippen LogP contribution < -0.4 is 0 Å². The molecule has 1 heteroatoms. The van der Waals surface area contributed by atoms with Gasteiger partial charge in [-0.2, -0.15) is 0 Å². The number of rotatable bonds is 0. The van der Waals surface area contributed by atoms with E-state index in [-0.39, 0.29) is 5.41 Å². The van der Waals surface area contributed by atoms with Crippen LogP contribution in [-0.4, -0.2) is 0 Å². The zero-order valence-electron chi connectivity index (χ0n) is 8.96. The van der Waals surface area contributed by atoms with Crippen molar-refractivity contribution in [3.05, 3.63) is 41.5 Å². The fourth-order valence-corrected chi connectivity index (χ4v) is 3.04. The van der Waals surface area contributed by atoms with Crippen molar-refractivity contribution < 1.29 is 24.7 Å². The second-order valence-corrected chi connectivity index (χ2v) is 6.42. The van der Waals surface area contributed by atoms with Crippen molar-refractivity contribution in [1.29, 1.82) is 0 Å². The van der Waals surface area contributed by atoms with Gasteiger partial charge in [-0.1, -0.05) is 0 Å². The topological polar surface area (TPSA) is 0 Å². The van der Waals surface area contributed by atoms with Gasteiger partial charge in [0.15, 0.2) is 0 Å². The molecule has 2 rings (SSSR count). The number of hydrogen-bond donors (Lipinski definition) is 0. The molecule has 1 atom stereocenters. The molecule has 0 radical (unpaired) electrons. The van der Waals surface area contributed by atoms with E-state index in [1.165, 1.54) is 16.7 Å². The molecule has 1 aliphatic rings. The Morgan fingerprint density at radius 1 is 1.14 bits per heavy atom. The minimum atomic E-state index is 0.279. The van der Waals surface area contributed by atoms with Crippen molar-refractivity contribution in [2.45, 2.75) is 24.4 Å². The zero-order valence-corrected chi connectivity index (χ0v) is 11.4. The SMILES string of the molecule is CC(C)(C)C1=C[CH]([Zr])c2ccccc21. The van der Waals surface area contributed by atoms with Crippen LogP contribution in [0.2, 0.25) is 0 Å². The van der Waals surface area contributed by atoms with Crippen LogP contribution >= 0.6 is 0 Å². The van der Waals surface area contributed by atoms with E-state index in [4.69, 9.17) is 0 Å². The Balaban J connectivity index is 2.54. The second kappa shape index (κ2) is 3.45. The summed E-state index contributed by atoms with van der Waals surface area (Å²) >= 11 is 1.59. The van der Waals surface area contributed by atoms with Gasteiger partial charge in [0.25, 0.3) is 0 Å². The Morgan fingerprint density at radius 3 is 2.43 bits per heavy atom. The van der Waals surface area contributed by atoms with Crippen LogP contribution in [0, 0.1) is 5.41 Å². The van der Waals surface area contributed by atoms with Crippen LogP contribution in [0.25, 0.3) is 5.57 Å². The van der Waals surface area contributed by atoms with Crippen LogP contribution in [0.3, 0.4) is 0 Å². The normalized spacial score (nSPS) is 20.4. The molecule has 71 valence electrons. The summed E-state index contributed by atoms with van der Waals surface area (Å²) in [4.78, 5) is 0. The standard InChI is InChI=1S/C13H15.Zr/c1-13(2,3)12-9-8-10-6-4-5-7-11(10)12;/h4-9H,1-3H3;. The first-order chi connectivity index (χ1) is 6.50. The maximum absolute atomic E-state index is 2.45. The van der Waals surface area contributed by atoms with Gasteiger partial charge in [0.1, 0.15) is 0 Å². The molecule has 1 unspecified atom stereocenters. The molecule has 1 aromatic rings. The monoisotopic (exact) mass is 261 g/mol. The summed E-state index contributed by atoms with van der Waals surface area (Å²) in [5.74, 6) is 0. The quantitative estimate of drug-likeness (QED) is 0.668. The van der Waals surface area contributed by atoms with Crippen molar-refractivity contribution in [1.82, 2.24) is 0 Å². The number of benzene rings is 1. The molecule has 1 aromatic carbocycles. The zero-order chi connectivity index (χ0) is 10.3. The second-order valence-electron chi connectivity index (χ2n) is 4.90. The first-order valence-corrected chi connectivity index (χ1v) is 6.45. The molecule has 0 aliphatic heterocycles. The number of hydrogen-bond acceptors (Lipinski definition) is 0. The number of allylic oxidation sites excluding steroid dienone is 2. The minimum absolute atomic E-state index is 0.279. The summed E-state index contributed by atoms with van der Waals surface area (Å²) in [6, 6.07) is 8.82. The molecule has 1 aliphatic carbocycles. The van der Waals surface area contributed by atoms with Gasteiger partial charge in [0.05, 0.1) is 0 Å². The van der Waals surface area contributed by atoms with Crippen LogP contribution in [0.4, 0.5) is 0 Å². The van der Waals surface area contributed by atoms with Crippen molar-refractivity contribution in [2.75, 3.05) is 0 Å². The average Bonchev–Trinajstić information content (AvgIpc) is 2.44. The molecular weight excluding hydrogens is 247 g/mol. The van der Waals surface area contributed by atoms with E-state index < -0.39 is 0 Å².